The summed E-state index contributed by atoms with van der Waals surface area (Å²) >= 11 is 7.58. The van der Waals surface area contributed by atoms with Gasteiger partial charge in [-0.05, 0) is 42.3 Å². The standard InChI is InChI=1S/C22H23ClN4O3S/c1-5-11-27-21(28)20(24-17-8-6-7-16(23)14(17)2)25-26-22(27)31-13-15-9-10-18(29-3)19(12-15)30-4/h5-10,12H,1,11,13H2,2-4H3,(H,24,25). The molecule has 0 unspecified atom stereocenters. The van der Waals surface area contributed by atoms with Gasteiger partial charge in [-0.1, -0.05) is 41.6 Å². The average Bonchev–Trinajstić information content (AvgIpc) is 2.78. The largest absolute Gasteiger partial charge is 0.493 e. The molecule has 2 aromatic carbocycles. The van der Waals surface area contributed by atoms with E-state index in [1.165, 1.54) is 16.3 Å². The fraction of sp³-hybridized carbons (Fsp3) is 0.227. The summed E-state index contributed by atoms with van der Waals surface area (Å²) < 4.78 is 12.2. The number of hydrogen-bond donors (Lipinski definition) is 1. The van der Waals surface area contributed by atoms with E-state index in [1.807, 2.05) is 31.2 Å². The third-order valence-corrected chi connectivity index (χ3v) is 6.01. The number of thioether (sulfide) groups is 1. The van der Waals surface area contributed by atoms with Crippen LogP contribution in [0.3, 0.4) is 0 Å². The van der Waals surface area contributed by atoms with E-state index in [1.54, 1.807) is 32.4 Å². The third kappa shape index (κ3) is 5.21. The van der Waals surface area contributed by atoms with Gasteiger partial charge in [0.2, 0.25) is 5.82 Å². The summed E-state index contributed by atoms with van der Waals surface area (Å²) in [6.45, 7) is 5.93. The molecule has 0 amide bonds. The van der Waals surface area contributed by atoms with Gasteiger partial charge in [0.25, 0.3) is 5.56 Å². The van der Waals surface area contributed by atoms with Crippen molar-refractivity contribution in [2.24, 2.45) is 0 Å². The Kier molecular flexibility index (Phi) is 7.59. The Morgan fingerprint density at radius 2 is 1.97 bits per heavy atom. The molecule has 0 aliphatic heterocycles. The smallest absolute Gasteiger partial charge is 0.297 e. The van der Waals surface area contributed by atoms with E-state index in [0.717, 1.165) is 11.1 Å². The van der Waals surface area contributed by atoms with Crippen molar-refractivity contribution in [3.63, 3.8) is 0 Å². The molecule has 1 aromatic heterocycles. The number of methoxy groups -OCH3 is 2. The lowest BCUT2D eigenvalue weighted by Gasteiger charge is -2.13. The Balaban J connectivity index is 1.86. The number of rotatable bonds is 9. The van der Waals surface area contributed by atoms with Crippen molar-refractivity contribution >= 4 is 34.9 Å². The fourth-order valence-electron chi connectivity index (χ4n) is 2.87. The van der Waals surface area contributed by atoms with Gasteiger partial charge in [-0.2, -0.15) is 0 Å². The van der Waals surface area contributed by atoms with E-state index in [4.69, 9.17) is 21.1 Å². The SMILES string of the molecule is C=CCn1c(SCc2ccc(OC)c(OC)c2)nnc(Nc2cccc(Cl)c2C)c1=O. The molecule has 1 N–H and O–H groups in total. The highest BCUT2D eigenvalue weighted by atomic mass is 35.5. The van der Waals surface area contributed by atoms with Crippen LogP contribution >= 0.6 is 23.4 Å². The van der Waals surface area contributed by atoms with E-state index in [-0.39, 0.29) is 11.4 Å². The fourth-order valence-corrected chi connectivity index (χ4v) is 3.93. The molecule has 0 saturated heterocycles. The maximum atomic E-state index is 13.0. The lowest BCUT2D eigenvalue weighted by molar-refractivity contribution is 0.354. The Morgan fingerprint density at radius 1 is 1.19 bits per heavy atom. The quantitative estimate of drug-likeness (QED) is 0.363. The van der Waals surface area contributed by atoms with E-state index in [2.05, 4.69) is 22.1 Å². The summed E-state index contributed by atoms with van der Waals surface area (Å²) in [5, 5.41) is 12.5. The molecule has 7 nitrogen and oxygen atoms in total. The van der Waals surface area contributed by atoms with Crippen LogP contribution in [0.25, 0.3) is 0 Å². The molecular weight excluding hydrogens is 436 g/mol. The molecule has 1 heterocycles. The first-order chi connectivity index (χ1) is 15.0. The van der Waals surface area contributed by atoms with Crippen molar-refractivity contribution in [1.82, 2.24) is 14.8 Å². The number of anilines is 2. The highest BCUT2D eigenvalue weighted by molar-refractivity contribution is 7.98. The number of halogens is 1. The monoisotopic (exact) mass is 458 g/mol. The third-order valence-electron chi connectivity index (χ3n) is 4.56. The van der Waals surface area contributed by atoms with Gasteiger partial charge in [-0.15, -0.1) is 16.8 Å². The average molecular weight is 459 g/mol. The lowest BCUT2D eigenvalue weighted by Crippen LogP contribution is -2.26. The molecule has 0 bridgehead atoms. The van der Waals surface area contributed by atoms with Crippen LogP contribution in [0.5, 0.6) is 11.5 Å². The Hall–Kier alpha value is -2.97. The number of hydrogen-bond acceptors (Lipinski definition) is 7. The predicted molar refractivity (Wildman–Crippen MR) is 125 cm³/mol. The molecule has 31 heavy (non-hydrogen) atoms. The highest BCUT2D eigenvalue weighted by Crippen LogP contribution is 2.30. The first kappa shape index (κ1) is 22.7. The van der Waals surface area contributed by atoms with Gasteiger partial charge in [-0.3, -0.25) is 9.36 Å². The van der Waals surface area contributed by atoms with Crippen molar-refractivity contribution < 1.29 is 9.47 Å². The summed E-state index contributed by atoms with van der Waals surface area (Å²) in [6, 6.07) is 11.1. The molecule has 0 radical (unpaired) electrons. The molecule has 3 aromatic rings. The van der Waals surface area contributed by atoms with Gasteiger partial charge in [-0.25, -0.2) is 0 Å². The van der Waals surface area contributed by atoms with Crippen LogP contribution in [-0.2, 0) is 12.3 Å². The number of ether oxygens (including phenoxy) is 2. The number of allylic oxidation sites excluding steroid dienone is 1. The minimum atomic E-state index is -0.288. The molecule has 0 spiro atoms. The Bertz CT molecular complexity index is 1150. The summed E-state index contributed by atoms with van der Waals surface area (Å²) in [4.78, 5) is 13.0. The second kappa shape index (κ2) is 10.4. The molecule has 0 atom stereocenters. The first-order valence-electron chi connectivity index (χ1n) is 9.42. The lowest BCUT2D eigenvalue weighted by atomic mass is 10.2. The number of benzene rings is 2. The molecular formula is C22H23ClN4O3S. The van der Waals surface area contributed by atoms with Gasteiger partial charge in [0.05, 0.1) is 14.2 Å². The molecule has 0 saturated carbocycles. The topological polar surface area (TPSA) is 78.3 Å². The molecule has 0 fully saturated rings. The van der Waals surface area contributed by atoms with Crippen molar-refractivity contribution in [3.05, 3.63) is 75.6 Å². The van der Waals surface area contributed by atoms with Crippen molar-refractivity contribution in [3.8, 4) is 11.5 Å². The van der Waals surface area contributed by atoms with Gasteiger partial charge < -0.3 is 14.8 Å². The van der Waals surface area contributed by atoms with Gasteiger partial charge in [0, 0.05) is 23.0 Å². The van der Waals surface area contributed by atoms with Crippen molar-refractivity contribution in [2.45, 2.75) is 24.4 Å². The van der Waals surface area contributed by atoms with Crippen LogP contribution in [0.2, 0.25) is 5.02 Å². The first-order valence-corrected chi connectivity index (χ1v) is 10.8. The summed E-state index contributed by atoms with van der Waals surface area (Å²) in [7, 11) is 3.19. The van der Waals surface area contributed by atoms with E-state index < -0.39 is 0 Å². The highest BCUT2D eigenvalue weighted by Gasteiger charge is 2.14. The van der Waals surface area contributed by atoms with Crippen LogP contribution in [-0.4, -0.2) is 29.0 Å². The van der Waals surface area contributed by atoms with Gasteiger partial charge in [0.15, 0.2) is 16.7 Å². The maximum Gasteiger partial charge on any atom is 0.297 e. The predicted octanol–water partition coefficient (Wildman–Crippen LogP) is 4.84. The van der Waals surface area contributed by atoms with Gasteiger partial charge >= 0.3 is 0 Å². The zero-order valence-electron chi connectivity index (χ0n) is 17.5. The summed E-state index contributed by atoms with van der Waals surface area (Å²) in [6.07, 6.45) is 1.65. The Labute approximate surface area is 190 Å². The second-order valence-corrected chi connectivity index (χ2v) is 7.90. The molecule has 162 valence electrons. The van der Waals surface area contributed by atoms with E-state index in [9.17, 15) is 4.79 Å². The zero-order valence-corrected chi connectivity index (χ0v) is 19.1. The van der Waals surface area contributed by atoms with E-state index in [0.29, 0.717) is 39.7 Å². The van der Waals surface area contributed by atoms with Gasteiger partial charge in [0.1, 0.15) is 0 Å². The van der Waals surface area contributed by atoms with Crippen LogP contribution < -0.4 is 20.3 Å². The second-order valence-electron chi connectivity index (χ2n) is 6.55. The normalized spacial score (nSPS) is 10.6. The van der Waals surface area contributed by atoms with Crippen LogP contribution in [0, 0.1) is 6.92 Å². The Morgan fingerprint density at radius 3 is 2.68 bits per heavy atom. The molecule has 9 heteroatoms. The van der Waals surface area contributed by atoms with Crippen LogP contribution in [0.1, 0.15) is 11.1 Å². The summed E-state index contributed by atoms with van der Waals surface area (Å²) in [5.74, 6) is 2.01. The molecule has 0 aliphatic rings. The minimum Gasteiger partial charge on any atom is -0.493 e. The van der Waals surface area contributed by atoms with Crippen molar-refractivity contribution in [2.75, 3.05) is 19.5 Å². The number of nitrogens with one attached hydrogen (secondary N) is 1. The van der Waals surface area contributed by atoms with Crippen molar-refractivity contribution in [1.29, 1.82) is 0 Å². The molecule has 3 rings (SSSR count). The van der Waals surface area contributed by atoms with Crippen LogP contribution in [0.15, 0.2) is 59.0 Å². The number of nitrogens with zero attached hydrogens (tertiary/aromatic N) is 3. The summed E-state index contributed by atoms with van der Waals surface area (Å²) in [5.41, 5.74) is 2.24. The minimum absolute atomic E-state index is 0.127. The maximum absolute atomic E-state index is 13.0. The molecule has 0 aliphatic carbocycles. The number of aromatic nitrogens is 3. The van der Waals surface area contributed by atoms with E-state index >= 15 is 0 Å². The zero-order chi connectivity index (χ0) is 22.4. The van der Waals surface area contributed by atoms with Crippen LogP contribution in [0.4, 0.5) is 11.5 Å².